The fourth-order valence-corrected chi connectivity index (χ4v) is 0.639. The number of rotatable bonds is 5. The number of hydrogen-bond acceptors (Lipinski definition) is 4. The smallest absolute Gasteiger partial charge is 0.338 e. The van der Waals surface area contributed by atoms with Crippen molar-refractivity contribution >= 4 is 11.9 Å². The second-order valence-electron chi connectivity index (χ2n) is 2.59. The first-order valence-electron chi connectivity index (χ1n) is 3.39. The molecule has 12 heavy (non-hydrogen) atoms. The molecule has 6 heteroatoms. The van der Waals surface area contributed by atoms with E-state index in [0.717, 1.165) is 0 Å². The summed E-state index contributed by atoms with van der Waals surface area (Å²) in [7, 11) is 0. The molecule has 0 saturated heterocycles. The summed E-state index contributed by atoms with van der Waals surface area (Å²) in [4.78, 5) is 20.3. The number of hydrogen-bond donors (Lipinski definition) is 4. The normalized spacial score (nSPS) is 11.2. The van der Waals surface area contributed by atoms with Gasteiger partial charge in [0.15, 0.2) is 5.66 Å². The highest BCUT2D eigenvalue weighted by Crippen LogP contribution is 2.05. The highest BCUT2D eigenvalue weighted by Gasteiger charge is 2.27. The van der Waals surface area contributed by atoms with Crippen LogP contribution in [-0.2, 0) is 9.59 Å². The molecule has 0 aliphatic carbocycles. The molecule has 0 saturated carbocycles. The van der Waals surface area contributed by atoms with Crippen LogP contribution in [0.15, 0.2) is 0 Å². The first kappa shape index (κ1) is 10.9. The summed E-state index contributed by atoms with van der Waals surface area (Å²) in [5.74, 6) is -2.32. The van der Waals surface area contributed by atoms with Gasteiger partial charge in [-0.15, -0.1) is 0 Å². The maximum Gasteiger partial charge on any atom is 0.338 e. The molecule has 0 aliphatic heterocycles. The van der Waals surface area contributed by atoms with Crippen LogP contribution < -0.4 is 11.5 Å². The van der Waals surface area contributed by atoms with Crippen LogP contribution in [0.4, 0.5) is 0 Å². The third kappa shape index (κ3) is 3.89. The summed E-state index contributed by atoms with van der Waals surface area (Å²) in [6, 6.07) is 0. The molecule has 0 rings (SSSR count). The fourth-order valence-electron chi connectivity index (χ4n) is 0.639. The van der Waals surface area contributed by atoms with E-state index < -0.39 is 17.6 Å². The SMILES string of the molecule is NC(N)(CCCC(=O)O)C(=O)O. The lowest BCUT2D eigenvalue weighted by molar-refractivity contribution is -0.144. The van der Waals surface area contributed by atoms with Crippen molar-refractivity contribution in [2.75, 3.05) is 0 Å². The van der Waals surface area contributed by atoms with E-state index in [1.807, 2.05) is 0 Å². The lowest BCUT2D eigenvalue weighted by Crippen LogP contribution is -2.56. The predicted octanol–water partition coefficient (Wildman–Crippen LogP) is -1.06. The Morgan fingerprint density at radius 3 is 2.08 bits per heavy atom. The summed E-state index contributed by atoms with van der Waals surface area (Å²) >= 11 is 0. The Labute approximate surface area is 69.2 Å². The molecule has 6 N–H and O–H groups in total. The molecule has 0 radical (unpaired) electrons. The van der Waals surface area contributed by atoms with Gasteiger partial charge < -0.3 is 21.7 Å². The molecule has 0 aromatic heterocycles. The molecule has 0 aromatic carbocycles. The Morgan fingerprint density at radius 1 is 1.25 bits per heavy atom. The minimum absolute atomic E-state index is 0.0470. The summed E-state index contributed by atoms with van der Waals surface area (Å²) < 4.78 is 0. The fraction of sp³-hybridized carbons (Fsp3) is 0.667. The van der Waals surface area contributed by atoms with E-state index in [4.69, 9.17) is 21.7 Å². The highest BCUT2D eigenvalue weighted by molar-refractivity contribution is 5.77. The van der Waals surface area contributed by atoms with Gasteiger partial charge in [-0.3, -0.25) is 4.79 Å². The topological polar surface area (TPSA) is 127 Å². The van der Waals surface area contributed by atoms with Crippen LogP contribution in [0.3, 0.4) is 0 Å². The highest BCUT2D eigenvalue weighted by atomic mass is 16.4. The first-order valence-corrected chi connectivity index (χ1v) is 3.39. The van der Waals surface area contributed by atoms with Gasteiger partial charge in [0.05, 0.1) is 0 Å². The van der Waals surface area contributed by atoms with Crippen LogP contribution in [0.2, 0.25) is 0 Å². The van der Waals surface area contributed by atoms with Gasteiger partial charge in [-0.2, -0.15) is 0 Å². The van der Waals surface area contributed by atoms with Crippen molar-refractivity contribution in [3.8, 4) is 0 Å². The standard InChI is InChI=1S/C6H12N2O4/c7-6(8,5(11)12)3-1-2-4(9)10/h1-3,7-8H2,(H,9,10)(H,11,12). The summed E-state index contributed by atoms with van der Waals surface area (Å²) in [5.41, 5.74) is 8.45. The Bertz CT molecular complexity index is 190. The second kappa shape index (κ2) is 4.03. The zero-order valence-corrected chi connectivity index (χ0v) is 6.49. The molecule has 0 bridgehead atoms. The molecule has 0 amide bonds. The maximum absolute atomic E-state index is 10.3. The zero-order valence-electron chi connectivity index (χ0n) is 6.49. The molecule has 0 atom stereocenters. The van der Waals surface area contributed by atoms with Crippen molar-refractivity contribution in [2.45, 2.75) is 24.9 Å². The molecule has 0 aliphatic rings. The van der Waals surface area contributed by atoms with Gasteiger partial charge >= 0.3 is 11.9 Å². The monoisotopic (exact) mass is 176 g/mol. The molecule has 6 nitrogen and oxygen atoms in total. The molecule has 0 heterocycles. The van der Waals surface area contributed by atoms with E-state index in [1.165, 1.54) is 0 Å². The Balaban J connectivity index is 3.76. The lowest BCUT2D eigenvalue weighted by Gasteiger charge is -2.17. The van der Waals surface area contributed by atoms with E-state index in [1.54, 1.807) is 0 Å². The molecular weight excluding hydrogens is 164 g/mol. The van der Waals surface area contributed by atoms with Gasteiger partial charge in [-0.05, 0) is 12.8 Å². The van der Waals surface area contributed by atoms with Crippen molar-refractivity contribution in [1.82, 2.24) is 0 Å². The van der Waals surface area contributed by atoms with Crippen molar-refractivity contribution in [2.24, 2.45) is 11.5 Å². The molecule has 0 fully saturated rings. The Hall–Kier alpha value is -1.14. The number of aliphatic carboxylic acids is 2. The van der Waals surface area contributed by atoms with Crippen molar-refractivity contribution < 1.29 is 19.8 Å². The zero-order chi connectivity index (χ0) is 9.78. The summed E-state index contributed by atoms with van der Waals surface area (Å²) in [5, 5.41) is 16.6. The second-order valence-corrected chi connectivity index (χ2v) is 2.59. The van der Waals surface area contributed by atoms with E-state index in [2.05, 4.69) is 0 Å². The van der Waals surface area contributed by atoms with E-state index >= 15 is 0 Å². The third-order valence-electron chi connectivity index (χ3n) is 1.38. The minimum Gasteiger partial charge on any atom is -0.481 e. The van der Waals surface area contributed by atoms with Gasteiger partial charge in [0.2, 0.25) is 0 Å². The average molecular weight is 176 g/mol. The number of nitrogens with two attached hydrogens (primary N) is 2. The third-order valence-corrected chi connectivity index (χ3v) is 1.38. The van der Waals surface area contributed by atoms with Crippen LogP contribution >= 0.6 is 0 Å². The van der Waals surface area contributed by atoms with Gasteiger partial charge in [0.1, 0.15) is 0 Å². The maximum atomic E-state index is 10.3. The van der Waals surface area contributed by atoms with E-state index in [-0.39, 0.29) is 19.3 Å². The molecule has 70 valence electrons. The van der Waals surface area contributed by atoms with Crippen molar-refractivity contribution in [3.63, 3.8) is 0 Å². The van der Waals surface area contributed by atoms with Crippen LogP contribution in [0.25, 0.3) is 0 Å². The summed E-state index contributed by atoms with van der Waals surface area (Å²) in [6.07, 6.45) is -0.00725. The van der Waals surface area contributed by atoms with Gasteiger partial charge in [0, 0.05) is 6.42 Å². The number of carbonyl (C=O) groups is 2. The largest absolute Gasteiger partial charge is 0.481 e. The molecular formula is C6H12N2O4. The van der Waals surface area contributed by atoms with Crippen LogP contribution in [0, 0.1) is 0 Å². The van der Waals surface area contributed by atoms with Crippen LogP contribution in [0.5, 0.6) is 0 Å². The Morgan fingerprint density at radius 2 is 1.75 bits per heavy atom. The van der Waals surface area contributed by atoms with Crippen molar-refractivity contribution in [3.05, 3.63) is 0 Å². The quantitative estimate of drug-likeness (QED) is 0.395. The predicted molar refractivity (Wildman–Crippen MR) is 40.2 cm³/mol. The molecule has 0 unspecified atom stereocenters. The van der Waals surface area contributed by atoms with E-state index in [9.17, 15) is 9.59 Å². The first-order chi connectivity index (χ1) is 5.36. The summed E-state index contributed by atoms with van der Waals surface area (Å²) in [6.45, 7) is 0. The Kier molecular flexibility index (Phi) is 3.65. The van der Waals surface area contributed by atoms with Gasteiger partial charge in [-0.25, -0.2) is 4.79 Å². The lowest BCUT2D eigenvalue weighted by atomic mass is 10.1. The van der Waals surface area contributed by atoms with Crippen LogP contribution in [0.1, 0.15) is 19.3 Å². The number of carboxylic acid groups (broad SMARTS) is 2. The van der Waals surface area contributed by atoms with Gasteiger partial charge in [-0.1, -0.05) is 0 Å². The van der Waals surface area contributed by atoms with Crippen molar-refractivity contribution in [1.29, 1.82) is 0 Å². The van der Waals surface area contributed by atoms with Gasteiger partial charge in [0.25, 0.3) is 0 Å². The molecule has 0 spiro atoms. The minimum atomic E-state index is -1.81. The average Bonchev–Trinajstić information content (AvgIpc) is 1.85. The van der Waals surface area contributed by atoms with E-state index in [0.29, 0.717) is 0 Å². The van der Waals surface area contributed by atoms with Crippen LogP contribution in [-0.4, -0.2) is 27.8 Å². The number of carboxylic acids is 2. The molecule has 0 aromatic rings.